The third-order valence-corrected chi connectivity index (χ3v) is 3.60. The van der Waals surface area contributed by atoms with E-state index in [0.29, 0.717) is 11.4 Å². The van der Waals surface area contributed by atoms with Gasteiger partial charge in [0.05, 0.1) is 5.56 Å². The number of aryl methyl sites for hydroxylation is 1. The molecule has 1 aliphatic rings. The Morgan fingerprint density at radius 1 is 1.32 bits per heavy atom. The van der Waals surface area contributed by atoms with Gasteiger partial charge >= 0.3 is 0 Å². The largest absolute Gasteiger partial charge is 0.337 e. The molecule has 5 heteroatoms. The van der Waals surface area contributed by atoms with Crippen LogP contribution in [0.25, 0.3) is 0 Å². The van der Waals surface area contributed by atoms with Crippen LogP contribution in [0.5, 0.6) is 0 Å². The van der Waals surface area contributed by atoms with E-state index in [1.807, 2.05) is 24.0 Å². The standard InChI is InChI=1S/C14H20ClN3O/c1-12-3-4-13(11-16-12)14(19)18-7-2-6-17(8-5-15)9-10-18/h3-4,11H,2,5-10H2,1H3. The van der Waals surface area contributed by atoms with Gasteiger partial charge in [0, 0.05) is 43.9 Å². The quantitative estimate of drug-likeness (QED) is 0.793. The van der Waals surface area contributed by atoms with Crippen molar-refractivity contribution in [3.05, 3.63) is 29.6 Å². The maximum absolute atomic E-state index is 12.4. The molecule has 2 rings (SSSR count). The summed E-state index contributed by atoms with van der Waals surface area (Å²) in [4.78, 5) is 20.8. The summed E-state index contributed by atoms with van der Waals surface area (Å²) in [5.41, 5.74) is 1.61. The summed E-state index contributed by atoms with van der Waals surface area (Å²) in [5, 5.41) is 0. The van der Waals surface area contributed by atoms with E-state index in [2.05, 4.69) is 9.88 Å². The number of hydrogen-bond acceptors (Lipinski definition) is 3. The first kappa shape index (κ1) is 14.3. The molecule has 0 unspecified atom stereocenters. The van der Waals surface area contributed by atoms with Crippen LogP contribution < -0.4 is 0 Å². The Hall–Kier alpha value is -1.13. The third-order valence-electron chi connectivity index (χ3n) is 3.43. The number of halogens is 1. The summed E-state index contributed by atoms with van der Waals surface area (Å²) in [6, 6.07) is 3.73. The minimum Gasteiger partial charge on any atom is -0.337 e. The number of carbonyl (C=O) groups excluding carboxylic acids is 1. The van der Waals surface area contributed by atoms with E-state index in [1.165, 1.54) is 0 Å². The fraction of sp³-hybridized carbons (Fsp3) is 0.571. The Kier molecular flexibility index (Phi) is 5.16. The number of amides is 1. The van der Waals surface area contributed by atoms with Gasteiger partial charge in [-0.1, -0.05) is 0 Å². The maximum Gasteiger partial charge on any atom is 0.255 e. The number of carbonyl (C=O) groups is 1. The molecule has 0 spiro atoms. The number of pyridine rings is 1. The minimum atomic E-state index is 0.0835. The van der Waals surface area contributed by atoms with Crippen LogP contribution in [0.4, 0.5) is 0 Å². The predicted octanol–water partition coefficient (Wildman–Crippen LogP) is 1.78. The lowest BCUT2D eigenvalue weighted by molar-refractivity contribution is 0.0761. The van der Waals surface area contributed by atoms with Crippen molar-refractivity contribution < 1.29 is 4.79 Å². The summed E-state index contributed by atoms with van der Waals surface area (Å²) in [7, 11) is 0. The molecular weight excluding hydrogens is 262 g/mol. The van der Waals surface area contributed by atoms with E-state index in [1.54, 1.807) is 6.20 Å². The summed E-state index contributed by atoms with van der Waals surface area (Å²) in [6.07, 6.45) is 2.67. The van der Waals surface area contributed by atoms with Crippen LogP contribution in [0, 0.1) is 6.92 Å². The van der Waals surface area contributed by atoms with Gasteiger partial charge in [-0.2, -0.15) is 0 Å². The highest BCUT2D eigenvalue weighted by atomic mass is 35.5. The molecule has 0 atom stereocenters. The van der Waals surface area contributed by atoms with Crippen molar-refractivity contribution in [1.29, 1.82) is 0 Å². The number of alkyl halides is 1. The molecule has 1 aromatic rings. The van der Waals surface area contributed by atoms with Crippen molar-refractivity contribution in [2.24, 2.45) is 0 Å². The Labute approximate surface area is 119 Å². The number of rotatable bonds is 3. The van der Waals surface area contributed by atoms with Crippen molar-refractivity contribution in [3.8, 4) is 0 Å². The number of aromatic nitrogens is 1. The van der Waals surface area contributed by atoms with Gasteiger partial charge in [0.2, 0.25) is 0 Å². The summed E-state index contributed by atoms with van der Waals surface area (Å²) in [5.74, 6) is 0.732. The van der Waals surface area contributed by atoms with Gasteiger partial charge in [-0.25, -0.2) is 0 Å². The average molecular weight is 282 g/mol. The highest BCUT2D eigenvalue weighted by Crippen LogP contribution is 2.09. The van der Waals surface area contributed by atoms with Gasteiger partial charge in [0.25, 0.3) is 5.91 Å². The number of nitrogens with zero attached hydrogens (tertiary/aromatic N) is 3. The molecule has 0 aliphatic carbocycles. The van der Waals surface area contributed by atoms with E-state index in [0.717, 1.165) is 44.8 Å². The topological polar surface area (TPSA) is 36.4 Å². The van der Waals surface area contributed by atoms with E-state index < -0.39 is 0 Å². The van der Waals surface area contributed by atoms with E-state index >= 15 is 0 Å². The second kappa shape index (κ2) is 6.87. The van der Waals surface area contributed by atoms with E-state index in [-0.39, 0.29) is 5.91 Å². The number of hydrogen-bond donors (Lipinski definition) is 0. The molecular formula is C14H20ClN3O. The lowest BCUT2D eigenvalue weighted by atomic mass is 10.2. The SMILES string of the molecule is Cc1ccc(C(=O)N2CCCN(CCCl)CC2)cn1. The molecule has 0 saturated carbocycles. The second-order valence-electron chi connectivity index (χ2n) is 4.86. The Morgan fingerprint density at radius 2 is 2.16 bits per heavy atom. The second-order valence-corrected chi connectivity index (χ2v) is 5.24. The van der Waals surface area contributed by atoms with Crippen LogP contribution in [-0.2, 0) is 0 Å². The Bertz CT molecular complexity index is 421. The molecule has 0 radical (unpaired) electrons. The molecule has 1 aromatic heterocycles. The maximum atomic E-state index is 12.4. The van der Waals surface area contributed by atoms with Gasteiger partial charge < -0.3 is 9.80 Å². The zero-order valence-electron chi connectivity index (χ0n) is 11.3. The summed E-state index contributed by atoms with van der Waals surface area (Å²) < 4.78 is 0. The van der Waals surface area contributed by atoms with Crippen molar-refractivity contribution in [2.45, 2.75) is 13.3 Å². The highest BCUT2D eigenvalue weighted by molar-refractivity contribution is 6.18. The Balaban J connectivity index is 1.98. The summed E-state index contributed by atoms with van der Waals surface area (Å²) >= 11 is 5.77. The van der Waals surface area contributed by atoms with Gasteiger partial charge in [-0.05, 0) is 32.0 Å². The van der Waals surface area contributed by atoms with Gasteiger partial charge in [-0.3, -0.25) is 9.78 Å². The fourth-order valence-corrected chi connectivity index (χ4v) is 2.53. The van der Waals surface area contributed by atoms with Gasteiger partial charge in [0.15, 0.2) is 0 Å². The molecule has 1 amide bonds. The first-order valence-corrected chi connectivity index (χ1v) is 7.24. The lowest BCUT2D eigenvalue weighted by Gasteiger charge is -2.21. The average Bonchev–Trinajstić information content (AvgIpc) is 2.65. The smallest absolute Gasteiger partial charge is 0.255 e. The normalized spacial score (nSPS) is 17.3. The molecule has 1 saturated heterocycles. The summed E-state index contributed by atoms with van der Waals surface area (Å²) in [6.45, 7) is 6.31. The van der Waals surface area contributed by atoms with Crippen LogP contribution in [0.15, 0.2) is 18.3 Å². The minimum absolute atomic E-state index is 0.0835. The van der Waals surface area contributed by atoms with Gasteiger partial charge in [-0.15, -0.1) is 11.6 Å². The highest BCUT2D eigenvalue weighted by Gasteiger charge is 2.20. The molecule has 1 fully saturated rings. The van der Waals surface area contributed by atoms with Crippen molar-refractivity contribution >= 4 is 17.5 Å². The van der Waals surface area contributed by atoms with Crippen LogP contribution in [0.1, 0.15) is 22.5 Å². The lowest BCUT2D eigenvalue weighted by Crippen LogP contribution is -2.35. The van der Waals surface area contributed by atoms with Crippen LogP contribution >= 0.6 is 11.6 Å². The molecule has 1 aliphatic heterocycles. The molecule has 0 aromatic carbocycles. The zero-order valence-corrected chi connectivity index (χ0v) is 12.1. The zero-order chi connectivity index (χ0) is 13.7. The van der Waals surface area contributed by atoms with E-state index in [4.69, 9.17) is 11.6 Å². The van der Waals surface area contributed by atoms with Crippen molar-refractivity contribution in [2.75, 3.05) is 38.6 Å². The molecule has 4 nitrogen and oxygen atoms in total. The fourth-order valence-electron chi connectivity index (χ4n) is 2.29. The predicted molar refractivity (Wildman–Crippen MR) is 76.7 cm³/mol. The van der Waals surface area contributed by atoms with Crippen LogP contribution in [-0.4, -0.2) is 59.3 Å². The third kappa shape index (κ3) is 3.91. The first-order valence-electron chi connectivity index (χ1n) is 6.71. The monoisotopic (exact) mass is 281 g/mol. The first-order chi connectivity index (χ1) is 9.20. The van der Waals surface area contributed by atoms with Crippen LogP contribution in [0.3, 0.4) is 0 Å². The molecule has 104 valence electrons. The van der Waals surface area contributed by atoms with Crippen molar-refractivity contribution in [3.63, 3.8) is 0 Å². The molecule has 2 heterocycles. The van der Waals surface area contributed by atoms with Gasteiger partial charge in [0.1, 0.15) is 0 Å². The van der Waals surface area contributed by atoms with Crippen molar-refractivity contribution in [1.82, 2.24) is 14.8 Å². The van der Waals surface area contributed by atoms with Crippen LogP contribution in [0.2, 0.25) is 0 Å². The molecule has 0 N–H and O–H groups in total. The van der Waals surface area contributed by atoms with E-state index in [9.17, 15) is 4.79 Å². The molecule has 0 bridgehead atoms. The Morgan fingerprint density at radius 3 is 2.84 bits per heavy atom. The molecule has 19 heavy (non-hydrogen) atoms.